The van der Waals surface area contributed by atoms with Crippen molar-refractivity contribution >= 4 is 5.78 Å². The Balaban J connectivity index is 1.10. The number of rotatable bonds is 8. The number of carbonyl (C=O) groups excluding carboxylic acids is 1. The van der Waals surface area contributed by atoms with Crippen molar-refractivity contribution in [1.29, 1.82) is 0 Å². The van der Waals surface area contributed by atoms with Gasteiger partial charge in [-0.15, -0.1) is 0 Å². The monoisotopic (exact) mass is 552 g/mol. The van der Waals surface area contributed by atoms with Gasteiger partial charge in [-0.2, -0.15) is 13.2 Å². The summed E-state index contributed by atoms with van der Waals surface area (Å²) in [6, 6.07) is 18.3. The molecule has 0 atom stereocenters. The molecule has 212 valence electrons. The molecule has 3 aromatic carbocycles. The smallest absolute Gasteiger partial charge is 0.299 e. The van der Waals surface area contributed by atoms with Crippen LogP contribution in [0.25, 0.3) is 0 Å². The second-order valence-corrected chi connectivity index (χ2v) is 11.3. The molecule has 1 fully saturated rings. The third-order valence-electron chi connectivity index (χ3n) is 8.34. The summed E-state index contributed by atoms with van der Waals surface area (Å²) in [7, 11) is 0. The Labute approximate surface area is 233 Å². The number of benzene rings is 3. The van der Waals surface area contributed by atoms with E-state index in [-0.39, 0.29) is 11.6 Å². The maximum atomic E-state index is 13.3. The minimum atomic E-state index is -4.31. The van der Waals surface area contributed by atoms with Gasteiger partial charge in [-0.1, -0.05) is 36.4 Å². The van der Waals surface area contributed by atoms with E-state index in [4.69, 9.17) is 0 Å². The third kappa shape index (κ3) is 7.58. The molecule has 0 bridgehead atoms. The Kier molecular flexibility index (Phi) is 9.01. The van der Waals surface area contributed by atoms with Crippen LogP contribution < -0.4 is 0 Å². The van der Waals surface area contributed by atoms with E-state index in [1.165, 1.54) is 23.3 Å². The lowest BCUT2D eigenvalue weighted by Gasteiger charge is -2.32. The SMILES string of the molecule is O=C(CCC1CCN(Cc2ccc(C(F)(F)F)cc2)CC1)c1ccc2c(c1)CN(Cc1ccc(F)cc1)CCC2. The van der Waals surface area contributed by atoms with Crippen LogP contribution in [0.3, 0.4) is 0 Å². The zero-order valence-electron chi connectivity index (χ0n) is 22.7. The zero-order valence-corrected chi connectivity index (χ0v) is 22.7. The van der Waals surface area contributed by atoms with E-state index >= 15 is 0 Å². The molecule has 0 radical (unpaired) electrons. The highest BCUT2D eigenvalue weighted by Gasteiger charge is 2.30. The Morgan fingerprint density at radius 3 is 2.12 bits per heavy atom. The second kappa shape index (κ2) is 12.6. The molecular formula is C33H36F4N2O. The molecule has 0 spiro atoms. The number of piperidine rings is 1. The molecule has 7 heteroatoms. The average molecular weight is 553 g/mol. The van der Waals surface area contributed by atoms with E-state index in [0.717, 1.165) is 93.7 Å². The molecule has 0 aromatic heterocycles. The first-order valence-corrected chi connectivity index (χ1v) is 14.2. The van der Waals surface area contributed by atoms with Crippen molar-refractivity contribution < 1.29 is 22.4 Å². The lowest BCUT2D eigenvalue weighted by Crippen LogP contribution is -2.33. The normalized spacial score (nSPS) is 17.4. The molecule has 2 heterocycles. The van der Waals surface area contributed by atoms with Gasteiger partial charge in [0, 0.05) is 31.6 Å². The van der Waals surface area contributed by atoms with Crippen molar-refractivity contribution in [3.8, 4) is 0 Å². The summed E-state index contributed by atoms with van der Waals surface area (Å²) >= 11 is 0. The van der Waals surface area contributed by atoms with E-state index in [2.05, 4.69) is 21.9 Å². The maximum Gasteiger partial charge on any atom is 0.416 e. The Hall–Kier alpha value is -3.03. The molecule has 2 aliphatic rings. The van der Waals surface area contributed by atoms with Gasteiger partial charge in [-0.25, -0.2) is 4.39 Å². The molecule has 5 rings (SSSR count). The van der Waals surface area contributed by atoms with E-state index in [0.29, 0.717) is 18.9 Å². The molecule has 3 nitrogen and oxygen atoms in total. The van der Waals surface area contributed by atoms with E-state index in [1.54, 1.807) is 12.1 Å². The van der Waals surface area contributed by atoms with Crippen LogP contribution in [0.5, 0.6) is 0 Å². The molecule has 1 saturated heterocycles. The molecule has 40 heavy (non-hydrogen) atoms. The Morgan fingerprint density at radius 1 is 0.800 bits per heavy atom. The minimum Gasteiger partial charge on any atom is -0.299 e. The summed E-state index contributed by atoms with van der Waals surface area (Å²) in [5.41, 5.74) is 4.66. The number of carbonyl (C=O) groups is 1. The number of ketones is 1. The first-order valence-electron chi connectivity index (χ1n) is 14.2. The lowest BCUT2D eigenvalue weighted by molar-refractivity contribution is -0.137. The van der Waals surface area contributed by atoms with Gasteiger partial charge in [-0.05, 0) is 110 Å². The van der Waals surface area contributed by atoms with Gasteiger partial charge in [0.05, 0.1) is 5.56 Å². The van der Waals surface area contributed by atoms with Gasteiger partial charge in [-0.3, -0.25) is 14.6 Å². The molecular weight excluding hydrogens is 516 g/mol. The van der Waals surface area contributed by atoms with E-state index in [1.807, 2.05) is 18.2 Å². The van der Waals surface area contributed by atoms with Gasteiger partial charge in [0.2, 0.25) is 0 Å². The van der Waals surface area contributed by atoms with E-state index in [9.17, 15) is 22.4 Å². The predicted octanol–water partition coefficient (Wildman–Crippen LogP) is 7.67. The van der Waals surface area contributed by atoms with Crippen LogP contribution in [0.2, 0.25) is 0 Å². The first-order chi connectivity index (χ1) is 19.2. The third-order valence-corrected chi connectivity index (χ3v) is 8.34. The molecule has 0 amide bonds. The number of halogens is 4. The number of fused-ring (bicyclic) bond motifs is 1. The number of likely N-dealkylation sites (tertiary alicyclic amines) is 1. The quantitative estimate of drug-likeness (QED) is 0.212. The largest absolute Gasteiger partial charge is 0.416 e. The van der Waals surface area contributed by atoms with Gasteiger partial charge < -0.3 is 0 Å². The topological polar surface area (TPSA) is 23.6 Å². The number of alkyl halides is 3. The van der Waals surface area contributed by atoms with Crippen molar-refractivity contribution in [2.45, 2.75) is 64.3 Å². The summed E-state index contributed by atoms with van der Waals surface area (Å²) in [4.78, 5) is 17.8. The van der Waals surface area contributed by atoms with Crippen molar-refractivity contribution in [3.05, 3.63) is 106 Å². The van der Waals surface area contributed by atoms with Gasteiger partial charge in [0.25, 0.3) is 0 Å². The predicted molar refractivity (Wildman–Crippen MR) is 148 cm³/mol. The van der Waals surface area contributed by atoms with Gasteiger partial charge >= 0.3 is 6.18 Å². The molecule has 0 saturated carbocycles. The minimum absolute atomic E-state index is 0.185. The standard InChI is InChI=1S/C33H36F4N2O/c34-31-12-5-26(6-13-31)22-39-17-1-2-27-8-9-28(20-29(27)23-39)32(40)14-7-24-15-18-38(19-16-24)21-25-3-10-30(11-4-25)33(35,36)37/h3-6,8-13,20,24H,1-2,7,14-19,21-23H2. The van der Waals surface area contributed by atoms with Crippen LogP contribution in [0.15, 0.2) is 66.7 Å². The van der Waals surface area contributed by atoms with Crippen molar-refractivity contribution in [3.63, 3.8) is 0 Å². The number of hydrogen-bond donors (Lipinski definition) is 0. The summed E-state index contributed by atoms with van der Waals surface area (Å²) in [5.74, 6) is 0.445. The first kappa shape index (κ1) is 28.5. The summed E-state index contributed by atoms with van der Waals surface area (Å²) in [6.07, 6.45) is 1.13. The Bertz CT molecular complexity index is 1280. The van der Waals surface area contributed by atoms with Crippen LogP contribution in [-0.4, -0.2) is 35.2 Å². The highest BCUT2D eigenvalue weighted by molar-refractivity contribution is 5.96. The average Bonchev–Trinajstić information content (AvgIpc) is 3.14. The maximum absolute atomic E-state index is 13.3. The molecule has 0 N–H and O–H groups in total. The van der Waals surface area contributed by atoms with Crippen molar-refractivity contribution in [2.75, 3.05) is 19.6 Å². The summed E-state index contributed by atoms with van der Waals surface area (Å²) < 4.78 is 51.7. The van der Waals surface area contributed by atoms with E-state index < -0.39 is 11.7 Å². The van der Waals surface area contributed by atoms with Crippen molar-refractivity contribution in [2.24, 2.45) is 5.92 Å². The fourth-order valence-corrected chi connectivity index (χ4v) is 5.96. The fourth-order valence-electron chi connectivity index (χ4n) is 5.96. The highest BCUT2D eigenvalue weighted by Crippen LogP contribution is 2.30. The number of Topliss-reactive ketones (excluding diaryl/α,β-unsaturated/α-hetero) is 1. The van der Waals surface area contributed by atoms with Crippen LogP contribution in [-0.2, 0) is 32.2 Å². The molecule has 0 unspecified atom stereocenters. The summed E-state index contributed by atoms with van der Waals surface area (Å²) in [5, 5.41) is 0. The van der Waals surface area contributed by atoms with Crippen LogP contribution in [0.1, 0.15) is 70.3 Å². The second-order valence-electron chi connectivity index (χ2n) is 11.3. The van der Waals surface area contributed by atoms with Crippen molar-refractivity contribution in [1.82, 2.24) is 9.80 Å². The van der Waals surface area contributed by atoms with Crippen LogP contribution in [0.4, 0.5) is 17.6 Å². The van der Waals surface area contributed by atoms with Crippen LogP contribution >= 0.6 is 0 Å². The van der Waals surface area contributed by atoms with Gasteiger partial charge in [0.15, 0.2) is 5.78 Å². The van der Waals surface area contributed by atoms with Gasteiger partial charge in [0.1, 0.15) is 5.82 Å². The molecule has 2 aliphatic heterocycles. The van der Waals surface area contributed by atoms with Crippen LogP contribution in [0, 0.1) is 11.7 Å². The number of nitrogens with zero attached hydrogens (tertiary/aromatic N) is 2. The molecule has 3 aromatic rings. The number of hydrogen-bond acceptors (Lipinski definition) is 3. The fraction of sp³-hybridized carbons (Fsp3) is 0.424. The number of aryl methyl sites for hydroxylation is 1. The lowest BCUT2D eigenvalue weighted by atomic mass is 9.89. The Morgan fingerprint density at radius 2 is 1.45 bits per heavy atom. The summed E-state index contributed by atoms with van der Waals surface area (Å²) in [6.45, 7) is 4.94. The highest BCUT2D eigenvalue weighted by atomic mass is 19.4. The zero-order chi connectivity index (χ0) is 28.1. The molecule has 0 aliphatic carbocycles.